The monoisotopic (exact) mass is 845 g/mol. The van der Waals surface area contributed by atoms with Gasteiger partial charge in [0.2, 0.25) is 11.8 Å². The average Bonchev–Trinajstić information content (AvgIpc) is 3.78. The van der Waals surface area contributed by atoms with Crippen LogP contribution < -0.4 is 35.9 Å². The minimum Gasteiger partial charge on any atom is -0.790 e. The lowest BCUT2D eigenvalue weighted by Gasteiger charge is -2.36. The topological polar surface area (TPSA) is 375 Å². The Morgan fingerprint density at radius 2 is 1.78 bits per heavy atom. The summed E-state index contributed by atoms with van der Waals surface area (Å²) in [4.78, 5) is 95.9. The van der Waals surface area contributed by atoms with E-state index >= 15 is 0 Å². The summed E-state index contributed by atoms with van der Waals surface area (Å²) < 4.78 is 60.9. The molecule has 1 saturated heterocycles. The molecule has 7 unspecified atom stereocenters. The van der Waals surface area contributed by atoms with Crippen molar-refractivity contribution in [1.29, 1.82) is 0 Å². The van der Waals surface area contributed by atoms with Gasteiger partial charge in [-0.3, -0.25) is 28.1 Å². The lowest BCUT2D eigenvalue weighted by atomic mass is 9.87. The quantitative estimate of drug-likeness (QED) is 0.0644. The van der Waals surface area contributed by atoms with Crippen LogP contribution in [0.4, 0.5) is 5.82 Å². The van der Waals surface area contributed by atoms with Gasteiger partial charge in [0.05, 0.1) is 27.4 Å². The molecule has 2 fully saturated rings. The number of fused-ring (bicyclic) bond motifs is 1. The van der Waals surface area contributed by atoms with Crippen molar-refractivity contribution in [2.45, 2.75) is 70.2 Å². The fourth-order valence-corrected chi connectivity index (χ4v) is 8.61. The normalized spacial score (nSPS) is 24.8. The SMILES string of the molecule is CC(C)(COP(=O)([O-])OP(=O)([O-])OCC1OC(C)(n2cnc3c(N)ncnc32)C(O)C1OP(=O)([O-])[O-])C(O)C(=O)NCCC(=O)NCCSC(=O)C1CC1. The summed E-state index contributed by atoms with van der Waals surface area (Å²) in [5.74, 6) is -1.04. The Kier molecular flexibility index (Phi) is 14.2. The van der Waals surface area contributed by atoms with E-state index in [0.717, 1.165) is 41.8 Å². The number of phosphoric ester groups is 3. The molecule has 0 aromatic carbocycles. The van der Waals surface area contributed by atoms with Crippen LogP contribution in [0.5, 0.6) is 0 Å². The zero-order valence-electron chi connectivity index (χ0n) is 28.8. The Bertz CT molecular complexity index is 1840. The summed E-state index contributed by atoms with van der Waals surface area (Å²) in [6, 6.07) is 0. The van der Waals surface area contributed by atoms with Crippen LogP contribution in [-0.2, 0) is 56.4 Å². The number of aromatic nitrogens is 4. The first kappa shape index (κ1) is 44.3. The van der Waals surface area contributed by atoms with Crippen LogP contribution in [0, 0.1) is 11.3 Å². The summed E-state index contributed by atoms with van der Waals surface area (Å²) >= 11 is 1.13. The molecular weight excluding hydrogens is 807 g/mol. The molecule has 0 radical (unpaired) electrons. The Morgan fingerprint density at radius 1 is 1.11 bits per heavy atom. The number of nitrogens with one attached hydrogen (secondary N) is 2. The summed E-state index contributed by atoms with van der Waals surface area (Å²) in [5.41, 5.74) is 2.04. The van der Waals surface area contributed by atoms with E-state index in [1.54, 1.807) is 0 Å². The first-order valence-electron chi connectivity index (χ1n) is 16.0. The maximum absolute atomic E-state index is 12.5. The van der Waals surface area contributed by atoms with Gasteiger partial charge in [-0.25, -0.2) is 19.3 Å². The molecule has 1 aliphatic carbocycles. The summed E-state index contributed by atoms with van der Waals surface area (Å²) in [6.45, 7) is 1.33. The maximum Gasteiger partial charge on any atom is 0.274 e. The summed E-state index contributed by atoms with van der Waals surface area (Å²) in [6.07, 6.45) is -4.28. The second kappa shape index (κ2) is 17.4. The van der Waals surface area contributed by atoms with Gasteiger partial charge in [0.15, 0.2) is 22.3 Å². The summed E-state index contributed by atoms with van der Waals surface area (Å²) in [7, 11) is -17.6. The number of thioether (sulfide) groups is 1. The zero-order chi connectivity index (χ0) is 40.3. The van der Waals surface area contributed by atoms with E-state index in [-0.39, 0.29) is 47.5 Å². The molecule has 28 heteroatoms. The van der Waals surface area contributed by atoms with Crippen molar-refractivity contribution in [3.63, 3.8) is 0 Å². The number of hydrogen-bond donors (Lipinski definition) is 5. The molecule has 2 aromatic rings. The number of rotatable bonds is 20. The van der Waals surface area contributed by atoms with Gasteiger partial charge in [-0.2, -0.15) is 0 Å². The molecule has 1 saturated carbocycles. The van der Waals surface area contributed by atoms with Crippen molar-refractivity contribution < 1.29 is 80.5 Å². The smallest absolute Gasteiger partial charge is 0.274 e. The summed E-state index contributed by atoms with van der Waals surface area (Å²) in [5, 5.41) is 26.5. The zero-order valence-corrected chi connectivity index (χ0v) is 32.3. The number of carbonyl (C=O) groups excluding carboxylic acids is 3. The van der Waals surface area contributed by atoms with Crippen molar-refractivity contribution in [3.05, 3.63) is 12.7 Å². The fraction of sp³-hybridized carbons (Fsp3) is 0.692. The van der Waals surface area contributed by atoms with E-state index in [9.17, 15) is 57.9 Å². The number of imidazole rings is 1. The van der Waals surface area contributed by atoms with Crippen molar-refractivity contribution in [3.8, 4) is 0 Å². The van der Waals surface area contributed by atoms with Crippen LogP contribution in [0.1, 0.15) is 40.0 Å². The number of amides is 2. The van der Waals surface area contributed by atoms with E-state index < -0.39 is 84.1 Å². The van der Waals surface area contributed by atoms with Gasteiger partial charge in [0.25, 0.3) is 15.6 Å². The number of carbonyl (C=O) groups is 3. The number of ether oxygens (including phenoxy) is 1. The number of nitrogens with zero attached hydrogens (tertiary/aromatic N) is 4. The second-order valence-corrected chi connectivity index (χ2v) is 18.2. The number of phosphoric acid groups is 3. The van der Waals surface area contributed by atoms with Crippen LogP contribution >= 0.6 is 35.2 Å². The van der Waals surface area contributed by atoms with Gasteiger partial charge in [0, 0.05) is 36.6 Å². The number of hydrogen-bond acceptors (Lipinski definition) is 22. The third-order valence-electron chi connectivity index (χ3n) is 8.12. The fourth-order valence-electron chi connectivity index (χ4n) is 5.01. The second-order valence-electron chi connectivity index (χ2n) is 13.0. The predicted molar refractivity (Wildman–Crippen MR) is 176 cm³/mol. The van der Waals surface area contributed by atoms with Crippen LogP contribution in [0.3, 0.4) is 0 Å². The van der Waals surface area contributed by atoms with E-state index in [4.69, 9.17) is 10.5 Å². The van der Waals surface area contributed by atoms with Gasteiger partial charge >= 0.3 is 0 Å². The number of nitrogens with two attached hydrogens (primary N) is 1. The first-order valence-corrected chi connectivity index (χ1v) is 21.3. The average molecular weight is 846 g/mol. The molecule has 7 atom stereocenters. The van der Waals surface area contributed by atoms with E-state index in [0.29, 0.717) is 5.75 Å². The third kappa shape index (κ3) is 11.8. The molecule has 24 nitrogen and oxygen atoms in total. The standard InChI is InChI=1S/C26H42N7O17P3S/c1-25(2,20(36)23(37)29-7-6-16(34)28-8-9-54-24(38)14-4-5-14)11-47-53(44,45)50-52(42,43)46-10-15-18(49-51(39,40)41)19(35)26(3,48-15)33-13-32-17-21(27)30-12-31-22(17)33/h12-15,18-20,35-36H,4-11H2,1-3H3,(H,28,34)(H,29,37)(H,42,43)(H,44,45)(H2,27,30,31)(H2,39,40,41)/p-4. The van der Waals surface area contributed by atoms with Crippen LogP contribution in [0.25, 0.3) is 11.2 Å². The molecule has 3 heterocycles. The van der Waals surface area contributed by atoms with Crippen LogP contribution in [0.15, 0.2) is 12.7 Å². The van der Waals surface area contributed by atoms with Crippen molar-refractivity contribution in [2.75, 3.05) is 37.8 Å². The highest BCUT2D eigenvalue weighted by Crippen LogP contribution is 2.56. The molecule has 2 aromatic heterocycles. The highest BCUT2D eigenvalue weighted by Gasteiger charge is 2.55. The van der Waals surface area contributed by atoms with Crippen molar-refractivity contribution in [1.82, 2.24) is 30.2 Å². The lowest BCUT2D eigenvalue weighted by Crippen LogP contribution is -2.46. The molecular formula is C26H38N7O17P3S-4. The van der Waals surface area contributed by atoms with Gasteiger partial charge in [0.1, 0.15) is 36.3 Å². The van der Waals surface area contributed by atoms with Crippen molar-refractivity contribution >= 4 is 69.1 Å². The highest BCUT2D eigenvalue weighted by molar-refractivity contribution is 8.13. The van der Waals surface area contributed by atoms with E-state index in [1.807, 2.05) is 0 Å². The van der Waals surface area contributed by atoms with E-state index in [2.05, 4.69) is 43.5 Å². The Morgan fingerprint density at radius 3 is 2.43 bits per heavy atom. The molecule has 2 aliphatic rings. The predicted octanol–water partition coefficient (Wildman–Crippen LogP) is -3.28. The third-order valence-corrected chi connectivity index (χ3v) is 12.2. The Balaban J connectivity index is 1.28. The van der Waals surface area contributed by atoms with Gasteiger partial charge < -0.3 is 69.0 Å². The molecule has 304 valence electrons. The number of aliphatic hydroxyl groups excluding tert-OH is 2. The molecule has 1 aliphatic heterocycles. The van der Waals surface area contributed by atoms with Gasteiger partial charge in [-0.1, -0.05) is 25.6 Å². The number of aliphatic hydroxyl groups is 2. The minimum atomic E-state index is -5.92. The first-order chi connectivity index (χ1) is 24.9. The molecule has 2 amide bonds. The van der Waals surface area contributed by atoms with Gasteiger partial charge in [-0.05, 0) is 19.8 Å². The van der Waals surface area contributed by atoms with Crippen LogP contribution in [0.2, 0.25) is 0 Å². The number of anilines is 1. The molecule has 6 N–H and O–H groups in total. The van der Waals surface area contributed by atoms with E-state index in [1.165, 1.54) is 20.8 Å². The maximum atomic E-state index is 12.5. The highest BCUT2D eigenvalue weighted by atomic mass is 32.2. The minimum absolute atomic E-state index is 0.0309. The largest absolute Gasteiger partial charge is 0.790 e. The van der Waals surface area contributed by atoms with Gasteiger partial charge in [-0.15, -0.1) is 0 Å². The Labute approximate surface area is 311 Å². The molecule has 0 bridgehead atoms. The molecule has 0 spiro atoms. The number of nitrogen functional groups attached to an aromatic ring is 1. The molecule has 54 heavy (non-hydrogen) atoms. The molecule has 4 rings (SSSR count). The van der Waals surface area contributed by atoms with Crippen LogP contribution in [-0.4, -0.2) is 103 Å². The Hall–Kier alpha value is -2.44. The van der Waals surface area contributed by atoms with Crippen molar-refractivity contribution in [2.24, 2.45) is 11.3 Å². The lowest BCUT2D eigenvalue weighted by molar-refractivity contribution is -0.347.